The minimum absolute atomic E-state index is 0. The molecular weight excluding hydrogens is 383 g/mol. The Bertz CT molecular complexity index is 315. The summed E-state index contributed by atoms with van der Waals surface area (Å²) in [6.45, 7) is 11.8. The molecule has 0 unspecified atom stereocenters. The first-order chi connectivity index (χ1) is 9.20. The number of carbonyl (C=O) groups is 1. The fourth-order valence-electron chi connectivity index (χ4n) is 1.33. The molecule has 4 N–H and O–H groups in total. The molecule has 0 rings (SSSR count). The van der Waals surface area contributed by atoms with Crippen LogP contribution >= 0.6 is 24.0 Å². The third-order valence-electron chi connectivity index (χ3n) is 2.31. The average Bonchev–Trinajstić information content (AvgIpc) is 2.25. The number of hydrogen-bond donors (Lipinski definition) is 3. The van der Waals surface area contributed by atoms with Crippen molar-refractivity contribution in [1.82, 2.24) is 10.6 Å². The van der Waals surface area contributed by atoms with E-state index in [1.807, 2.05) is 20.8 Å². The molecule has 0 aliphatic rings. The van der Waals surface area contributed by atoms with Crippen molar-refractivity contribution in [3.8, 4) is 0 Å². The van der Waals surface area contributed by atoms with Crippen molar-refractivity contribution in [2.75, 3.05) is 19.6 Å². The van der Waals surface area contributed by atoms with Crippen LogP contribution in [0.4, 0.5) is 4.79 Å². The molecule has 0 aromatic carbocycles. The maximum Gasteiger partial charge on any atom is 0.407 e. The minimum atomic E-state index is -0.465. The molecule has 0 atom stereocenters. The number of alkyl carbamates (subject to hydrolysis) is 1. The third-order valence-corrected chi connectivity index (χ3v) is 2.31. The molecule has 0 spiro atoms. The lowest BCUT2D eigenvalue weighted by atomic mass is 10.1. The van der Waals surface area contributed by atoms with Crippen LogP contribution in [-0.2, 0) is 4.74 Å². The molecule has 0 saturated carbocycles. The molecule has 0 aliphatic heterocycles. The summed E-state index contributed by atoms with van der Waals surface area (Å²) in [6.07, 6.45) is 1.40. The predicted molar refractivity (Wildman–Crippen MR) is 98.2 cm³/mol. The van der Waals surface area contributed by atoms with E-state index < -0.39 is 11.7 Å². The molecular formula is C14H31IN4O2. The monoisotopic (exact) mass is 414 g/mol. The van der Waals surface area contributed by atoms with Crippen LogP contribution in [0.5, 0.6) is 0 Å². The summed E-state index contributed by atoms with van der Waals surface area (Å²) in [5.41, 5.74) is 5.25. The number of aliphatic imine (C=N–C) groups is 1. The Balaban J connectivity index is 0. The fourth-order valence-corrected chi connectivity index (χ4v) is 1.33. The van der Waals surface area contributed by atoms with E-state index in [-0.39, 0.29) is 24.0 Å². The molecule has 0 aromatic rings. The maximum absolute atomic E-state index is 11.4. The Labute approximate surface area is 145 Å². The van der Waals surface area contributed by atoms with Gasteiger partial charge < -0.3 is 21.1 Å². The molecule has 1 amide bonds. The fraction of sp³-hybridized carbons (Fsp3) is 0.857. The second kappa shape index (κ2) is 11.9. The van der Waals surface area contributed by atoms with Crippen LogP contribution in [-0.4, -0.2) is 37.3 Å². The zero-order valence-electron chi connectivity index (χ0n) is 13.9. The van der Waals surface area contributed by atoms with Crippen LogP contribution in [0.2, 0.25) is 0 Å². The second-order valence-corrected chi connectivity index (χ2v) is 6.16. The van der Waals surface area contributed by atoms with Gasteiger partial charge in [-0.1, -0.05) is 13.8 Å². The van der Waals surface area contributed by atoms with Crippen LogP contribution < -0.4 is 16.4 Å². The highest BCUT2D eigenvalue weighted by Gasteiger charge is 2.15. The molecule has 0 radical (unpaired) electrons. The van der Waals surface area contributed by atoms with Crippen molar-refractivity contribution < 1.29 is 9.53 Å². The summed E-state index contributed by atoms with van der Waals surface area (Å²) in [4.78, 5) is 15.5. The van der Waals surface area contributed by atoms with Crippen molar-refractivity contribution in [2.24, 2.45) is 16.6 Å². The topological polar surface area (TPSA) is 88.7 Å². The molecule has 0 aliphatic carbocycles. The first-order valence-electron chi connectivity index (χ1n) is 7.21. The van der Waals surface area contributed by atoms with E-state index in [0.29, 0.717) is 25.0 Å². The van der Waals surface area contributed by atoms with Gasteiger partial charge in [-0.15, -0.1) is 24.0 Å². The number of halogens is 1. The van der Waals surface area contributed by atoms with Crippen molar-refractivity contribution in [3.63, 3.8) is 0 Å². The quantitative estimate of drug-likeness (QED) is 0.259. The Hall–Kier alpha value is -0.730. The lowest BCUT2D eigenvalue weighted by molar-refractivity contribution is 0.0527. The van der Waals surface area contributed by atoms with E-state index in [4.69, 9.17) is 10.5 Å². The highest BCUT2D eigenvalue weighted by molar-refractivity contribution is 14.0. The van der Waals surface area contributed by atoms with Gasteiger partial charge in [-0.3, -0.25) is 4.99 Å². The van der Waals surface area contributed by atoms with Gasteiger partial charge in [0.2, 0.25) is 0 Å². The third kappa shape index (κ3) is 17.2. The Morgan fingerprint density at radius 2 is 1.86 bits per heavy atom. The lowest BCUT2D eigenvalue weighted by Crippen LogP contribution is -2.34. The smallest absolute Gasteiger partial charge is 0.407 e. The van der Waals surface area contributed by atoms with Gasteiger partial charge in [0.05, 0.1) is 0 Å². The van der Waals surface area contributed by atoms with Crippen molar-refractivity contribution in [3.05, 3.63) is 0 Å². The summed E-state index contributed by atoms with van der Waals surface area (Å²) in [6, 6.07) is 0. The van der Waals surface area contributed by atoms with Crippen molar-refractivity contribution >= 4 is 36.0 Å². The van der Waals surface area contributed by atoms with Gasteiger partial charge in [-0.25, -0.2) is 4.79 Å². The predicted octanol–water partition coefficient (Wildman–Crippen LogP) is 2.47. The zero-order chi connectivity index (χ0) is 15.6. The van der Waals surface area contributed by atoms with Gasteiger partial charge >= 0.3 is 6.09 Å². The summed E-state index contributed by atoms with van der Waals surface area (Å²) in [7, 11) is 0. The van der Waals surface area contributed by atoms with Crippen molar-refractivity contribution in [2.45, 2.75) is 53.1 Å². The number of hydrogen-bond acceptors (Lipinski definition) is 3. The zero-order valence-corrected chi connectivity index (χ0v) is 16.2. The van der Waals surface area contributed by atoms with Crippen LogP contribution in [0.15, 0.2) is 4.99 Å². The highest BCUT2D eigenvalue weighted by Crippen LogP contribution is 2.06. The maximum atomic E-state index is 11.4. The number of guanidine groups is 1. The first-order valence-corrected chi connectivity index (χ1v) is 7.21. The number of nitrogens with zero attached hydrogens (tertiary/aromatic N) is 1. The number of amides is 1. The Kier molecular flexibility index (Phi) is 12.8. The Morgan fingerprint density at radius 1 is 1.24 bits per heavy atom. The Morgan fingerprint density at radius 3 is 2.38 bits per heavy atom. The van der Waals surface area contributed by atoms with Gasteiger partial charge in [0, 0.05) is 19.6 Å². The number of rotatable bonds is 7. The lowest BCUT2D eigenvalue weighted by Gasteiger charge is -2.19. The second-order valence-electron chi connectivity index (χ2n) is 6.16. The summed E-state index contributed by atoms with van der Waals surface area (Å²) >= 11 is 0. The number of ether oxygens (including phenoxy) is 1. The van der Waals surface area contributed by atoms with E-state index in [9.17, 15) is 4.79 Å². The van der Waals surface area contributed by atoms with Crippen molar-refractivity contribution in [1.29, 1.82) is 0 Å². The number of carbonyl (C=O) groups excluding carboxylic acids is 1. The van der Waals surface area contributed by atoms with Gasteiger partial charge in [0.1, 0.15) is 5.60 Å². The largest absolute Gasteiger partial charge is 0.444 e. The molecule has 0 fully saturated rings. The first kappa shape index (κ1) is 22.5. The standard InChI is InChI=1S/C14H30N4O2.HI/c1-11(2)7-10-17-12(15)16-8-6-9-18-13(19)20-14(3,4)5;/h11H,6-10H2,1-5H3,(H,18,19)(H3,15,16,17);1H. The molecule has 0 aromatic heterocycles. The van der Waals surface area contributed by atoms with E-state index >= 15 is 0 Å². The van der Waals surface area contributed by atoms with Gasteiger partial charge in [0.15, 0.2) is 5.96 Å². The van der Waals surface area contributed by atoms with E-state index in [1.165, 1.54) is 0 Å². The molecule has 7 heteroatoms. The normalized spacial score (nSPS) is 11.8. The van der Waals surface area contributed by atoms with E-state index in [0.717, 1.165) is 19.4 Å². The van der Waals surface area contributed by atoms with Crippen LogP contribution in [0.1, 0.15) is 47.5 Å². The van der Waals surface area contributed by atoms with Gasteiger partial charge in [0.25, 0.3) is 0 Å². The molecule has 6 nitrogen and oxygen atoms in total. The number of nitrogens with two attached hydrogens (primary N) is 1. The summed E-state index contributed by atoms with van der Waals surface area (Å²) in [5, 5.41) is 5.74. The number of nitrogens with one attached hydrogen (secondary N) is 2. The van der Waals surface area contributed by atoms with Gasteiger partial charge in [-0.05, 0) is 39.5 Å². The molecule has 0 bridgehead atoms. The van der Waals surface area contributed by atoms with Crippen LogP contribution in [0, 0.1) is 5.92 Å². The SMILES string of the molecule is CC(C)CCNC(N)=NCCCNC(=O)OC(C)(C)C.I. The molecule has 0 heterocycles. The molecule has 126 valence electrons. The van der Waals surface area contributed by atoms with E-state index in [2.05, 4.69) is 29.5 Å². The summed E-state index contributed by atoms with van der Waals surface area (Å²) < 4.78 is 5.12. The van der Waals surface area contributed by atoms with Gasteiger partial charge in [-0.2, -0.15) is 0 Å². The molecule has 21 heavy (non-hydrogen) atoms. The minimum Gasteiger partial charge on any atom is -0.444 e. The van der Waals surface area contributed by atoms with Crippen LogP contribution in [0.3, 0.4) is 0 Å². The highest BCUT2D eigenvalue weighted by atomic mass is 127. The summed E-state index contributed by atoms with van der Waals surface area (Å²) in [5.74, 6) is 1.11. The average molecular weight is 414 g/mol. The van der Waals surface area contributed by atoms with E-state index in [1.54, 1.807) is 0 Å². The van der Waals surface area contributed by atoms with Crippen LogP contribution in [0.25, 0.3) is 0 Å². The molecule has 0 saturated heterocycles.